The number of hydrogen-bond acceptors (Lipinski definition) is 5. The van der Waals surface area contributed by atoms with Gasteiger partial charge in [0.25, 0.3) is 11.1 Å². The Morgan fingerprint density at radius 2 is 1.89 bits per heavy atom. The molecule has 2 bridgehead atoms. The number of hydrogen-bond donors (Lipinski definition) is 0. The van der Waals surface area contributed by atoms with Crippen molar-refractivity contribution in [3.05, 3.63) is 61.4 Å². The predicted molar refractivity (Wildman–Crippen MR) is 103 cm³/mol. The van der Waals surface area contributed by atoms with Crippen molar-refractivity contribution in [3.63, 3.8) is 0 Å². The Morgan fingerprint density at radius 3 is 2.71 bits per heavy atom. The summed E-state index contributed by atoms with van der Waals surface area (Å²) in [6.07, 6.45) is 2.72. The summed E-state index contributed by atoms with van der Waals surface area (Å²) >= 11 is 0. The highest BCUT2D eigenvalue weighted by Gasteiger charge is 2.34. The van der Waals surface area contributed by atoms with Crippen LogP contribution in [0.3, 0.4) is 0 Å². The molecule has 2 aliphatic heterocycles. The number of nitrogens with zero attached hydrogens (tertiary/aromatic N) is 6. The van der Waals surface area contributed by atoms with Gasteiger partial charge in [0.15, 0.2) is 11.2 Å². The molecule has 2 atom stereocenters. The van der Waals surface area contributed by atoms with Crippen molar-refractivity contribution in [2.45, 2.75) is 25.6 Å². The van der Waals surface area contributed by atoms with E-state index >= 15 is 0 Å². The van der Waals surface area contributed by atoms with E-state index in [1.165, 1.54) is 11.6 Å². The third-order valence-corrected chi connectivity index (χ3v) is 6.12. The van der Waals surface area contributed by atoms with Crippen LogP contribution in [-0.4, -0.2) is 41.2 Å². The fraction of sp³-hybridized carbons (Fsp3) is 0.474. The van der Waals surface area contributed by atoms with Gasteiger partial charge in [-0.25, -0.2) is 9.78 Å². The lowest BCUT2D eigenvalue weighted by Crippen LogP contribution is -2.47. The molecule has 3 aromatic rings. The number of pyridine rings is 1. The Hall–Kier alpha value is -2.94. The van der Waals surface area contributed by atoms with Crippen LogP contribution < -0.4 is 16.8 Å². The Morgan fingerprint density at radius 1 is 1.07 bits per heavy atom. The smallest absolute Gasteiger partial charge is 0.312 e. The van der Waals surface area contributed by atoms with E-state index in [4.69, 9.17) is 0 Å². The summed E-state index contributed by atoms with van der Waals surface area (Å²) in [5, 5.41) is 0. The summed E-state index contributed by atoms with van der Waals surface area (Å²) in [6.45, 7) is 2.96. The first kappa shape index (κ1) is 17.2. The van der Waals surface area contributed by atoms with E-state index in [1.807, 2.05) is 21.3 Å². The molecule has 28 heavy (non-hydrogen) atoms. The third-order valence-electron chi connectivity index (χ3n) is 6.12. The first-order valence-corrected chi connectivity index (χ1v) is 9.47. The third kappa shape index (κ3) is 2.42. The van der Waals surface area contributed by atoms with E-state index in [0.717, 1.165) is 36.3 Å². The molecular weight excluding hydrogens is 360 g/mol. The molecule has 0 amide bonds. The van der Waals surface area contributed by atoms with Crippen LogP contribution in [0.15, 0.2) is 38.9 Å². The van der Waals surface area contributed by atoms with Gasteiger partial charge in [0, 0.05) is 51.4 Å². The summed E-state index contributed by atoms with van der Waals surface area (Å²) < 4.78 is 6.26. The largest absolute Gasteiger partial charge is 0.332 e. The highest BCUT2D eigenvalue weighted by Crippen LogP contribution is 2.35. The summed E-state index contributed by atoms with van der Waals surface area (Å²) in [4.78, 5) is 43.6. The lowest BCUT2D eigenvalue weighted by Gasteiger charge is -2.42. The van der Waals surface area contributed by atoms with Gasteiger partial charge < -0.3 is 9.13 Å². The summed E-state index contributed by atoms with van der Waals surface area (Å²) in [6, 6.07) is 5.50. The molecular formula is C19H22N6O3. The monoisotopic (exact) mass is 382 g/mol. The van der Waals surface area contributed by atoms with Gasteiger partial charge in [-0.05, 0) is 18.4 Å². The van der Waals surface area contributed by atoms with Crippen LogP contribution >= 0.6 is 0 Å². The van der Waals surface area contributed by atoms with E-state index in [9.17, 15) is 14.4 Å². The Kier molecular flexibility index (Phi) is 3.70. The number of likely N-dealkylation sites (tertiary alicyclic amines) is 1. The molecule has 146 valence electrons. The second kappa shape index (κ2) is 6.03. The van der Waals surface area contributed by atoms with E-state index in [2.05, 4.69) is 9.88 Å². The molecule has 9 heteroatoms. The molecule has 5 heterocycles. The van der Waals surface area contributed by atoms with Crippen molar-refractivity contribution >= 4 is 11.2 Å². The molecule has 3 aromatic heterocycles. The van der Waals surface area contributed by atoms with E-state index in [1.54, 1.807) is 19.4 Å². The van der Waals surface area contributed by atoms with Crippen LogP contribution in [0.2, 0.25) is 0 Å². The van der Waals surface area contributed by atoms with Crippen LogP contribution in [0, 0.1) is 5.92 Å². The minimum absolute atomic E-state index is 0.0747. The number of aryl methyl sites for hydroxylation is 1. The maximum atomic E-state index is 12.7. The zero-order chi connectivity index (χ0) is 19.6. The predicted octanol–water partition coefficient (Wildman–Crippen LogP) is -0.328. The molecule has 0 unspecified atom stereocenters. The molecule has 9 nitrogen and oxygen atoms in total. The van der Waals surface area contributed by atoms with Gasteiger partial charge in [0.1, 0.15) is 0 Å². The van der Waals surface area contributed by atoms with Crippen molar-refractivity contribution in [2.75, 3.05) is 13.1 Å². The second-order valence-corrected chi connectivity index (χ2v) is 7.97. The number of imidazole rings is 1. The molecule has 0 aromatic carbocycles. The van der Waals surface area contributed by atoms with Crippen LogP contribution in [0.25, 0.3) is 11.2 Å². The zero-order valence-electron chi connectivity index (χ0n) is 15.9. The summed E-state index contributed by atoms with van der Waals surface area (Å²) in [5.74, 6) is 0.719. The zero-order valence-corrected chi connectivity index (χ0v) is 15.9. The molecule has 0 N–H and O–H groups in total. The SMILES string of the molecule is Cn1c(=O)c2c(ncn2CN2C[C@@H]3C[C@H](C2)c2cccc(=O)n2C3)n(C)c1=O. The van der Waals surface area contributed by atoms with Crippen molar-refractivity contribution < 1.29 is 0 Å². The number of aromatic nitrogens is 5. The molecule has 1 saturated heterocycles. The first-order chi connectivity index (χ1) is 13.4. The quantitative estimate of drug-likeness (QED) is 0.606. The van der Waals surface area contributed by atoms with E-state index < -0.39 is 0 Å². The topological polar surface area (TPSA) is 87.1 Å². The Balaban J connectivity index is 1.50. The molecule has 0 saturated carbocycles. The van der Waals surface area contributed by atoms with Crippen molar-refractivity contribution in [3.8, 4) is 0 Å². The second-order valence-electron chi connectivity index (χ2n) is 7.97. The van der Waals surface area contributed by atoms with Crippen LogP contribution in [-0.2, 0) is 27.3 Å². The maximum Gasteiger partial charge on any atom is 0.332 e. The van der Waals surface area contributed by atoms with Gasteiger partial charge in [-0.3, -0.25) is 23.6 Å². The van der Waals surface area contributed by atoms with Gasteiger partial charge in [-0.1, -0.05) is 6.07 Å². The highest BCUT2D eigenvalue weighted by molar-refractivity contribution is 5.69. The van der Waals surface area contributed by atoms with Crippen LogP contribution in [0.4, 0.5) is 0 Å². The Labute approximate surface area is 160 Å². The lowest BCUT2D eigenvalue weighted by molar-refractivity contribution is 0.0946. The van der Waals surface area contributed by atoms with E-state index in [-0.39, 0.29) is 16.8 Å². The van der Waals surface area contributed by atoms with Crippen molar-refractivity contribution in [1.82, 2.24) is 28.2 Å². The average molecular weight is 382 g/mol. The van der Waals surface area contributed by atoms with Gasteiger partial charge in [-0.15, -0.1) is 0 Å². The molecule has 0 spiro atoms. The standard InChI is InChI=1S/C19H22N6O3/c1-21-17-16(18(27)22(2)19(21)28)24(10-20-17)11-23-7-12-6-13(9-23)14-4-3-5-15(26)25(14)8-12/h3-5,10,12-13H,6-9,11H2,1-2H3/t12-,13+/m0/s1. The molecule has 5 rings (SSSR count). The van der Waals surface area contributed by atoms with Gasteiger partial charge in [0.2, 0.25) is 0 Å². The minimum atomic E-state index is -0.377. The average Bonchev–Trinajstić information content (AvgIpc) is 3.09. The van der Waals surface area contributed by atoms with Crippen molar-refractivity contribution in [1.29, 1.82) is 0 Å². The van der Waals surface area contributed by atoms with Crippen LogP contribution in [0.1, 0.15) is 18.0 Å². The number of piperidine rings is 1. The molecule has 0 aliphatic carbocycles. The maximum absolute atomic E-state index is 12.7. The fourth-order valence-corrected chi connectivity index (χ4v) is 4.83. The highest BCUT2D eigenvalue weighted by atomic mass is 16.2. The normalized spacial score (nSPS) is 21.8. The van der Waals surface area contributed by atoms with Crippen molar-refractivity contribution in [2.24, 2.45) is 20.0 Å². The summed E-state index contributed by atoms with van der Waals surface area (Å²) in [7, 11) is 3.11. The first-order valence-electron chi connectivity index (χ1n) is 9.47. The minimum Gasteiger partial charge on any atom is -0.312 e. The number of fused-ring (bicyclic) bond motifs is 5. The molecule has 0 radical (unpaired) electrons. The van der Waals surface area contributed by atoms with Gasteiger partial charge in [-0.2, -0.15) is 0 Å². The Bertz CT molecular complexity index is 1260. The van der Waals surface area contributed by atoms with Crippen LogP contribution in [0.5, 0.6) is 0 Å². The lowest BCUT2D eigenvalue weighted by atomic mass is 9.83. The molecule has 2 aliphatic rings. The number of rotatable bonds is 2. The van der Waals surface area contributed by atoms with E-state index in [0.29, 0.717) is 29.7 Å². The van der Waals surface area contributed by atoms with Gasteiger partial charge in [0.05, 0.1) is 13.0 Å². The molecule has 1 fully saturated rings. The van der Waals surface area contributed by atoms with Gasteiger partial charge >= 0.3 is 5.69 Å². The summed E-state index contributed by atoms with van der Waals surface area (Å²) in [5.41, 5.74) is 1.31. The fourth-order valence-electron chi connectivity index (χ4n) is 4.83.